The highest BCUT2D eigenvalue weighted by atomic mass is 16.4. The number of hydrogen-bond donors (Lipinski definition) is 2. The fourth-order valence-corrected chi connectivity index (χ4v) is 4.53. The number of aromatic nitrogens is 1. The van der Waals surface area contributed by atoms with Crippen molar-refractivity contribution >= 4 is 22.8 Å². The number of carbonyl (C=O) groups is 2. The number of H-pyrrole nitrogens is 1. The maximum absolute atomic E-state index is 13.1. The average molecular weight is 354 g/mol. The van der Waals surface area contributed by atoms with Crippen LogP contribution in [0.1, 0.15) is 60.1 Å². The van der Waals surface area contributed by atoms with Crippen LogP contribution in [0, 0.1) is 5.92 Å². The molecule has 2 heterocycles. The van der Waals surface area contributed by atoms with Crippen LogP contribution in [-0.2, 0) is 17.6 Å². The highest BCUT2D eigenvalue weighted by molar-refractivity contribution is 6.06. The summed E-state index contributed by atoms with van der Waals surface area (Å²) in [6.45, 7) is 1.44. The van der Waals surface area contributed by atoms with Gasteiger partial charge in [0.15, 0.2) is 0 Å². The molecule has 0 spiro atoms. The number of aryl methyl sites for hydroxylation is 2. The van der Waals surface area contributed by atoms with Crippen LogP contribution in [0.3, 0.4) is 0 Å². The van der Waals surface area contributed by atoms with E-state index in [0.717, 1.165) is 56.3 Å². The van der Waals surface area contributed by atoms with E-state index in [4.69, 9.17) is 5.11 Å². The second kappa shape index (κ2) is 7.14. The summed E-state index contributed by atoms with van der Waals surface area (Å²) in [5, 5.41) is 10.0. The molecule has 2 aromatic rings. The molecule has 0 radical (unpaired) electrons. The normalized spacial score (nSPS) is 18.1. The minimum Gasteiger partial charge on any atom is -0.481 e. The third-order valence-corrected chi connectivity index (χ3v) is 6.03. The van der Waals surface area contributed by atoms with E-state index >= 15 is 0 Å². The van der Waals surface area contributed by atoms with Gasteiger partial charge in [-0.3, -0.25) is 9.59 Å². The van der Waals surface area contributed by atoms with Crippen LogP contribution in [0.5, 0.6) is 0 Å². The first kappa shape index (κ1) is 17.1. The Labute approximate surface area is 153 Å². The molecule has 1 aliphatic heterocycles. The van der Waals surface area contributed by atoms with Gasteiger partial charge in [-0.15, -0.1) is 0 Å². The fraction of sp³-hybridized carbons (Fsp3) is 0.524. The summed E-state index contributed by atoms with van der Waals surface area (Å²) in [6, 6.07) is 6.06. The van der Waals surface area contributed by atoms with Crippen LogP contribution < -0.4 is 0 Å². The number of carbonyl (C=O) groups excluding carboxylic acids is 1. The predicted molar refractivity (Wildman–Crippen MR) is 100 cm³/mol. The first-order valence-corrected chi connectivity index (χ1v) is 9.77. The summed E-state index contributed by atoms with van der Waals surface area (Å²) in [7, 11) is 0. The SMILES string of the molecule is O=C(O)CCC1CCN(C(=O)c2cccc3c4c([nH]c23)CCCC4)CC1. The number of nitrogens with one attached hydrogen (secondary N) is 1. The van der Waals surface area contributed by atoms with Crippen LogP contribution in [0.2, 0.25) is 0 Å². The van der Waals surface area contributed by atoms with Crippen LogP contribution in [-0.4, -0.2) is 40.0 Å². The topological polar surface area (TPSA) is 73.4 Å². The van der Waals surface area contributed by atoms with Crippen LogP contribution >= 0.6 is 0 Å². The quantitative estimate of drug-likeness (QED) is 0.878. The number of aromatic amines is 1. The van der Waals surface area contributed by atoms with E-state index in [-0.39, 0.29) is 12.3 Å². The van der Waals surface area contributed by atoms with Gasteiger partial charge in [-0.2, -0.15) is 0 Å². The molecule has 26 heavy (non-hydrogen) atoms. The largest absolute Gasteiger partial charge is 0.481 e. The standard InChI is InChI=1S/C21H26N2O3/c24-19(25)9-8-14-10-12-23(13-11-14)21(26)17-6-3-5-16-15-4-1-2-7-18(15)22-20(16)17/h3,5-6,14,22H,1-2,4,7-13H2,(H,24,25). The van der Waals surface area contributed by atoms with Crippen LogP contribution in [0.4, 0.5) is 0 Å². The minimum atomic E-state index is -0.731. The number of fused-ring (bicyclic) bond motifs is 3. The summed E-state index contributed by atoms with van der Waals surface area (Å²) in [5.41, 5.74) is 4.48. The van der Waals surface area contributed by atoms with Gasteiger partial charge in [0, 0.05) is 30.6 Å². The molecule has 138 valence electrons. The van der Waals surface area contributed by atoms with E-state index in [1.165, 1.54) is 29.5 Å². The van der Waals surface area contributed by atoms with Crippen molar-refractivity contribution in [2.45, 2.75) is 51.4 Å². The van der Waals surface area contributed by atoms with Gasteiger partial charge >= 0.3 is 5.97 Å². The summed E-state index contributed by atoms with van der Waals surface area (Å²) in [4.78, 5) is 29.3. The summed E-state index contributed by atoms with van der Waals surface area (Å²) in [6.07, 6.45) is 7.36. The summed E-state index contributed by atoms with van der Waals surface area (Å²) in [5.74, 6) is -0.208. The molecular formula is C21H26N2O3. The van der Waals surface area contributed by atoms with Crippen molar-refractivity contribution in [1.29, 1.82) is 0 Å². The average Bonchev–Trinajstić information content (AvgIpc) is 3.05. The number of nitrogens with zero attached hydrogens (tertiary/aromatic N) is 1. The molecule has 5 nitrogen and oxygen atoms in total. The van der Waals surface area contributed by atoms with E-state index in [1.54, 1.807) is 0 Å². The lowest BCUT2D eigenvalue weighted by molar-refractivity contribution is -0.137. The Hall–Kier alpha value is -2.30. The summed E-state index contributed by atoms with van der Waals surface area (Å²) >= 11 is 0. The van der Waals surface area contributed by atoms with Gasteiger partial charge in [0.25, 0.3) is 5.91 Å². The van der Waals surface area contributed by atoms with Gasteiger partial charge in [-0.1, -0.05) is 12.1 Å². The molecule has 1 aromatic heterocycles. The van der Waals surface area contributed by atoms with Crippen molar-refractivity contribution in [2.75, 3.05) is 13.1 Å². The fourth-order valence-electron chi connectivity index (χ4n) is 4.53. The van der Waals surface area contributed by atoms with Crippen LogP contribution in [0.25, 0.3) is 10.9 Å². The molecule has 0 atom stereocenters. The highest BCUT2D eigenvalue weighted by Crippen LogP contribution is 2.32. The van der Waals surface area contributed by atoms with Crippen LogP contribution in [0.15, 0.2) is 18.2 Å². The number of amides is 1. The molecule has 1 aliphatic carbocycles. The molecule has 0 unspecified atom stereocenters. The van der Waals surface area contributed by atoms with E-state index in [1.807, 2.05) is 17.0 Å². The Morgan fingerprint density at radius 2 is 1.92 bits per heavy atom. The van der Waals surface area contributed by atoms with Gasteiger partial charge in [0.2, 0.25) is 0 Å². The van der Waals surface area contributed by atoms with E-state index in [2.05, 4.69) is 11.1 Å². The van der Waals surface area contributed by atoms with Crippen molar-refractivity contribution in [3.8, 4) is 0 Å². The van der Waals surface area contributed by atoms with Crippen molar-refractivity contribution in [3.63, 3.8) is 0 Å². The molecule has 2 N–H and O–H groups in total. The van der Waals surface area contributed by atoms with E-state index < -0.39 is 5.97 Å². The lowest BCUT2D eigenvalue weighted by Gasteiger charge is -2.32. The number of benzene rings is 1. The number of para-hydroxylation sites is 1. The molecular weight excluding hydrogens is 328 g/mol. The van der Waals surface area contributed by atoms with Gasteiger partial charge < -0.3 is 15.0 Å². The molecule has 2 aliphatic rings. The van der Waals surface area contributed by atoms with Crippen molar-refractivity contribution in [1.82, 2.24) is 9.88 Å². The van der Waals surface area contributed by atoms with Gasteiger partial charge in [0.1, 0.15) is 0 Å². The second-order valence-corrected chi connectivity index (χ2v) is 7.69. The molecule has 0 bridgehead atoms. The second-order valence-electron chi connectivity index (χ2n) is 7.69. The third-order valence-electron chi connectivity index (χ3n) is 6.03. The molecule has 1 amide bonds. The number of carboxylic acids is 1. The number of carboxylic acid groups (broad SMARTS) is 1. The number of rotatable bonds is 4. The molecule has 0 saturated carbocycles. The molecule has 5 heteroatoms. The van der Waals surface area contributed by atoms with Crippen molar-refractivity contribution < 1.29 is 14.7 Å². The van der Waals surface area contributed by atoms with Gasteiger partial charge in [-0.25, -0.2) is 0 Å². The lowest BCUT2D eigenvalue weighted by Crippen LogP contribution is -2.38. The monoisotopic (exact) mass is 354 g/mol. The van der Waals surface area contributed by atoms with Crippen molar-refractivity contribution in [3.05, 3.63) is 35.0 Å². The van der Waals surface area contributed by atoms with Gasteiger partial charge in [0.05, 0.1) is 11.1 Å². The zero-order valence-electron chi connectivity index (χ0n) is 15.1. The smallest absolute Gasteiger partial charge is 0.303 e. The molecule has 4 rings (SSSR count). The Morgan fingerprint density at radius 1 is 1.15 bits per heavy atom. The van der Waals surface area contributed by atoms with Crippen molar-refractivity contribution in [2.24, 2.45) is 5.92 Å². The molecule has 1 fully saturated rings. The predicted octanol–water partition coefficient (Wildman–Crippen LogP) is 3.76. The lowest BCUT2D eigenvalue weighted by atomic mass is 9.91. The van der Waals surface area contributed by atoms with E-state index in [9.17, 15) is 9.59 Å². The number of piperidine rings is 1. The Morgan fingerprint density at radius 3 is 2.69 bits per heavy atom. The van der Waals surface area contributed by atoms with E-state index in [0.29, 0.717) is 5.92 Å². The Balaban J connectivity index is 1.50. The Bertz CT molecular complexity index is 831. The first-order chi connectivity index (χ1) is 12.6. The number of likely N-dealkylation sites (tertiary alicyclic amines) is 1. The summed E-state index contributed by atoms with van der Waals surface area (Å²) < 4.78 is 0. The Kier molecular flexibility index (Phi) is 4.70. The van der Waals surface area contributed by atoms with Gasteiger partial charge in [-0.05, 0) is 62.5 Å². The highest BCUT2D eigenvalue weighted by Gasteiger charge is 2.26. The maximum Gasteiger partial charge on any atom is 0.303 e. The molecule has 1 saturated heterocycles. The zero-order chi connectivity index (χ0) is 18.1. The number of aliphatic carboxylic acids is 1. The maximum atomic E-state index is 13.1. The third kappa shape index (κ3) is 3.22. The first-order valence-electron chi connectivity index (χ1n) is 9.77. The zero-order valence-corrected chi connectivity index (χ0v) is 15.1. The number of hydrogen-bond acceptors (Lipinski definition) is 2. The minimum absolute atomic E-state index is 0.103. The molecule has 1 aromatic carbocycles.